The van der Waals surface area contributed by atoms with Crippen molar-refractivity contribution in [3.63, 3.8) is 0 Å². The Kier molecular flexibility index (Phi) is 4.40. The van der Waals surface area contributed by atoms with Crippen molar-refractivity contribution in [2.75, 3.05) is 5.32 Å². The Bertz CT molecular complexity index is 668. The number of nitro groups is 1. The van der Waals surface area contributed by atoms with Gasteiger partial charge < -0.3 is 5.32 Å². The second-order valence-corrected chi connectivity index (χ2v) is 5.67. The minimum absolute atomic E-state index is 0.0915. The highest BCUT2D eigenvalue weighted by Crippen LogP contribution is 2.28. The number of nitrogens with one attached hydrogen (secondary N) is 1. The van der Waals surface area contributed by atoms with Crippen molar-refractivity contribution < 1.29 is 4.92 Å². The topological polar surface area (TPSA) is 68.1 Å². The van der Waals surface area contributed by atoms with Gasteiger partial charge in [0.05, 0.1) is 10.4 Å². The van der Waals surface area contributed by atoms with Gasteiger partial charge in [0.15, 0.2) is 0 Å². The lowest BCUT2D eigenvalue weighted by molar-refractivity contribution is -0.384. The maximum Gasteiger partial charge on any atom is 0.270 e. The van der Waals surface area contributed by atoms with Gasteiger partial charge in [-0.15, -0.1) is 0 Å². The molecule has 5 heteroatoms. The molecule has 0 aliphatic carbocycles. The van der Waals surface area contributed by atoms with Crippen LogP contribution in [0, 0.1) is 23.0 Å². The van der Waals surface area contributed by atoms with Crippen LogP contribution in [-0.2, 0) is 0 Å². The Balaban J connectivity index is 2.54. The third-order valence-electron chi connectivity index (χ3n) is 3.72. The standard InChI is InChI=1S/C16H21N3O2/c1-5-14(10(2)3)18-16-8-11(4)17-15-7-6-12(19(20)21)9-13(15)16/h6-10,14H,5H2,1-4H3,(H,17,18). The molecule has 1 heterocycles. The van der Waals surface area contributed by atoms with Crippen molar-refractivity contribution in [1.82, 2.24) is 4.98 Å². The molecule has 1 aromatic carbocycles. The first-order valence-electron chi connectivity index (χ1n) is 7.24. The zero-order chi connectivity index (χ0) is 15.6. The van der Waals surface area contributed by atoms with Gasteiger partial charge >= 0.3 is 0 Å². The average molecular weight is 287 g/mol. The van der Waals surface area contributed by atoms with Crippen molar-refractivity contribution in [3.8, 4) is 0 Å². The van der Waals surface area contributed by atoms with E-state index in [-0.39, 0.29) is 10.6 Å². The number of nitro benzene ring substituents is 1. The fraction of sp³-hybridized carbons (Fsp3) is 0.438. The molecule has 0 saturated carbocycles. The first-order valence-corrected chi connectivity index (χ1v) is 7.24. The summed E-state index contributed by atoms with van der Waals surface area (Å²) in [5.74, 6) is 0.484. The van der Waals surface area contributed by atoms with E-state index >= 15 is 0 Å². The van der Waals surface area contributed by atoms with E-state index < -0.39 is 0 Å². The zero-order valence-corrected chi connectivity index (χ0v) is 12.9. The number of hydrogen-bond donors (Lipinski definition) is 1. The summed E-state index contributed by atoms with van der Waals surface area (Å²) in [6.07, 6.45) is 0.995. The lowest BCUT2D eigenvalue weighted by Gasteiger charge is -2.23. The van der Waals surface area contributed by atoms with Crippen molar-refractivity contribution in [1.29, 1.82) is 0 Å². The van der Waals surface area contributed by atoms with Gasteiger partial charge in [-0.25, -0.2) is 0 Å². The molecule has 112 valence electrons. The van der Waals surface area contributed by atoms with Gasteiger partial charge in [0.2, 0.25) is 0 Å². The highest BCUT2D eigenvalue weighted by Gasteiger charge is 2.15. The summed E-state index contributed by atoms with van der Waals surface area (Å²) >= 11 is 0. The molecule has 0 radical (unpaired) electrons. The molecule has 0 spiro atoms. The maximum atomic E-state index is 11.0. The molecular weight excluding hydrogens is 266 g/mol. The van der Waals surface area contributed by atoms with Gasteiger partial charge in [0, 0.05) is 34.9 Å². The summed E-state index contributed by atoms with van der Waals surface area (Å²) in [6.45, 7) is 8.40. The smallest absolute Gasteiger partial charge is 0.270 e. The summed E-state index contributed by atoms with van der Waals surface area (Å²) in [7, 11) is 0. The number of nitrogens with zero attached hydrogens (tertiary/aromatic N) is 2. The quantitative estimate of drug-likeness (QED) is 0.657. The minimum Gasteiger partial charge on any atom is -0.381 e. The summed E-state index contributed by atoms with van der Waals surface area (Å²) in [4.78, 5) is 15.1. The van der Waals surface area contributed by atoms with Crippen molar-refractivity contribution in [2.45, 2.75) is 40.2 Å². The number of aromatic nitrogens is 1. The molecule has 1 unspecified atom stereocenters. The second kappa shape index (κ2) is 6.08. The van der Waals surface area contributed by atoms with Crippen LogP contribution in [0.5, 0.6) is 0 Å². The highest BCUT2D eigenvalue weighted by molar-refractivity contribution is 5.93. The molecule has 2 aromatic rings. The fourth-order valence-electron chi connectivity index (χ4n) is 2.52. The van der Waals surface area contributed by atoms with E-state index in [1.54, 1.807) is 12.1 Å². The maximum absolute atomic E-state index is 11.0. The van der Waals surface area contributed by atoms with E-state index in [0.717, 1.165) is 28.7 Å². The van der Waals surface area contributed by atoms with Crippen LogP contribution in [0.15, 0.2) is 24.3 Å². The van der Waals surface area contributed by atoms with Crippen LogP contribution in [0.2, 0.25) is 0 Å². The lowest BCUT2D eigenvalue weighted by Crippen LogP contribution is -2.24. The van der Waals surface area contributed by atoms with Gasteiger partial charge in [-0.1, -0.05) is 20.8 Å². The van der Waals surface area contributed by atoms with Crippen LogP contribution in [0.3, 0.4) is 0 Å². The number of aryl methyl sites for hydroxylation is 1. The molecule has 0 fully saturated rings. The number of benzene rings is 1. The Morgan fingerprint density at radius 3 is 2.62 bits per heavy atom. The van der Waals surface area contributed by atoms with Crippen molar-refractivity contribution >= 4 is 22.3 Å². The summed E-state index contributed by atoms with van der Waals surface area (Å²) < 4.78 is 0. The van der Waals surface area contributed by atoms with Gasteiger partial charge in [-0.2, -0.15) is 0 Å². The first-order chi connectivity index (χ1) is 9.92. The van der Waals surface area contributed by atoms with E-state index in [1.165, 1.54) is 6.07 Å². The third kappa shape index (κ3) is 3.29. The fourth-order valence-corrected chi connectivity index (χ4v) is 2.52. The largest absolute Gasteiger partial charge is 0.381 e. The van der Waals surface area contributed by atoms with Gasteiger partial charge in [0.25, 0.3) is 5.69 Å². The number of hydrogen-bond acceptors (Lipinski definition) is 4. The van der Waals surface area contributed by atoms with Gasteiger partial charge in [-0.05, 0) is 31.4 Å². The van der Waals surface area contributed by atoms with Crippen LogP contribution in [0.1, 0.15) is 32.9 Å². The molecule has 0 saturated heterocycles. The number of non-ortho nitro benzene ring substituents is 1. The number of pyridine rings is 1. The molecule has 0 amide bonds. The monoisotopic (exact) mass is 287 g/mol. The Morgan fingerprint density at radius 1 is 1.33 bits per heavy atom. The van der Waals surface area contributed by atoms with E-state index in [0.29, 0.717) is 12.0 Å². The van der Waals surface area contributed by atoms with Crippen LogP contribution in [0.25, 0.3) is 10.9 Å². The molecule has 1 aromatic heterocycles. The molecule has 2 rings (SSSR count). The number of fused-ring (bicyclic) bond motifs is 1. The van der Waals surface area contributed by atoms with Crippen LogP contribution in [0.4, 0.5) is 11.4 Å². The second-order valence-electron chi connectivity index (χ2n) is 5.67. The van der Waals surface area contributed by atoms with Crippen LogP contribution < -0.4 is 5.32 Å². The van der Waals surface area contributed by atoms with E-state index in [9.17, 15) is 10.1 Å². The Morgan fingerprint density at radius 2 is 2.05 bits per heavy atom. The normalized spacial score (nSPS) is 12.6. The van der Waals surface area contributed by atoms with Gasteiger partial charge in [-0.3, -0.25) is 15.1 Å². The third-order valence-corrected chi connectivity index (χ3v) is 3.72. The SMILES string of the molecule is CCC(Nc1cc(C)nc2ccc([N+](=O)[O-])cc12)C(C)C. The Labute approximate surface area is 124 Å². The molecule has 0 bridgehead atoms. The molecule has 21 heavy (non-hydrogen) atoms. The van der Waals surface area contributed by atoms with Crippen molar-refractivity contribution in [3.05, 3.63) is 40.1 Å². The number of anilines is 1. The van der Waals surface area contributed by atoms with Crippen LogP contribution >= 0.6 is 0 Å². The summed E-state index contributed by atoms with van der Waals surface area (Å²) in [6, 6.07) is 7.09. The highest BCUT2D eigenvalue weighted by atomic mass is 16.6. The zero-order valence-electron chi connectivity index (χ0n) is 12.9. The summed E-state index contributed by atoms with van der Waals surface area (Å²) in [5.41, 5.74) is 2.69. The number of rotatable bonds is 5. The van der Waals surface area contributed by atoms with E-state index in [2.05, 4.69) is 31.1 Å². The van der Waals surface area contributed by atoms with Crippen LogP contribution in [-0.4, -0.2) is 15.9 Å². The van der Waals surface area contributed by atoms with Crippen molar-refractivity contribution in [2.24, 2.45) is 5.92 Å². The molecule has 1 atom stereocenters. The lowest BCUT2D eigenvalue weighted by atomic mass is 10.0. The molecule has 0 aliphatic heterocycles. The minimum atomic E-state index is -0.372. The first kappa shape index (κ1) is 15.2. The van der Waals surface area contributed by atoms with E-state index in [1.807, 2.05) is 13.0 Å². The molecule has 1 N–H and O–H groups in total. The Hall–Kier alpha value is -2.17. The molecule has 5 nitrogen and oxygen atoms in total. The van der Waals surface area contributed by atoms with E-state index in [4.69, 9.17) is 0 Å². The predicted molar refractivity (Wildman–Crippen MR) is 85.7 cm³/mol. The van der Waals surface area contributed by atoms with Gasteiger partial charge in [0.1, 0.15) is 0 Å². The predicted octanol–water partition coefficient (Wildman–Crippen LogP) is 4.30. The molecular formula is C16H21N3O2. The summed E-state index contributed by atoms with van der Waals surface area (Å²) in [5, 5.41) is 15.3. The molecule has 0 aliphatic rings. The average Bonchev–Trinajstić information content (AvgIpc) is 2.43.